The molecule has 3 N–H and O–H groups in total. The Morgan fingerprint density at radius 3 is 2.65 bits per heavy atom. The van der Waals surface area contributed by atoms with Gasteiger partial charge in [0.2, 0.25) is 5.82 Å². The summed E-state index contributed by atoms with van der Waals surface area (Å²) in [6.45, 7) is 3.89. The lowest BCUT2D eigenvalue weighted by atomic mass is 10.0. The van der Waals surface area contributed by atoms with E-state index in [-0.39, 0.29) is 18.2 Å². The van der Waals surface area contributed by atoms with Crippen molar-refractivity contribution in [3.8, 4) is 28.8 Å². The summed E-state index contributed by atoms with van der Waals surface area (Å²) in [5.41, 5.74) is 8.14. The summed E-state index contributed by atoms with van der Waals surface area (Å²) < 4.78 is 24.9. The van der Waals surface area contributed by atoms with E-state index in [9.17, 15) is 13.9 Å². The molecule has 2 aliphatic rings. The van der Waals surface area contributed by atoms with Crippen molar-refractivity contribution in [2.24, 2.45) is 5.92 Å². The highest BCUT2D eigenvalue weighted by atomic mass is 19.3. The van der Waals surface area contributed by atoms with Crippen LogP contribution in [0.15, 0.2) is 42.6 Å². The molecule has 2 saturated heterocycles. The van der Waals surface area contributed by atoms with E-state index in [1.807, 2.05) is 18.2 Å². The Bertz CT molecular complexity index is 1300. The average molecular weight is 507 g/mol. The molecule has 3 aromatic rings. The Morgan fingerprint density at radius 2 is 1.84 bits per heavy atom. The van der Waals surface area contributed by atoms with E-state index in [0.717, 1.165) is 31.0 Å². The molecule has 2 aromatic heterocycles. The van der Waals surface area contributed by atoms with E-state index >= 15 is 0 Å². The Balaban J connectivity index is 1.25. The van der Waals surface area contributed by atoms with Gasteiger partial charge in [0.15, 0.2) is 5.82 Å². The van der Waals surface area contributed by atoms with Gasteiger partial charge >= 0.3 is 0 Å². The number of para-hydroxylation sites is 1. The SMILES string of the molecule is Nc1nnc(-c2ccccc2O)cc1N1CCCN(c2ccnc(C#CC3CN(CC(F)F)C3)n2)CC1. The normalized spacial score (nSPS) is 16.7. The van der Waals surface area contributed by atoms with Gasteiger partial charge in [0, 0.05) is 56.9 Å². The zero-order valence-corrected chi connectivity index (χ0v) is 20.3. The third kappa shape index (κ3) is 5.86. The Morgan fingerprint density at radius 1 is 1.05 bits per heavy atom. The molecule has 0 radical (unpaired) electrons. The molecule has 1 aromatic carbocycles. The highest BCUT2D eigenvalue weighted by Crippen LogP contribution is 2.31. The van der Waals surface area contributed by atoms with E-state index in [0.29, 0.717) is 49.1 Å². The van der Waals surface area contributed by atoms with Gasteiger partial charge in [0.05, 0.1) is 17.9 Å². The highest BCUT2D eigenvalue weighted by molar-refractivity contribution is 5.74. The fourth-order valence-electron chi connectivity index (χ4n) is 4.61. The lowest BCUT2D eigenvalue weighted by molar-refractivity contribution is 0.0413. The molecular weight excluding hydrogens is 478 g/mol. The second-order valence-corrected chi connectivity index (χ2v) is 9.16. The van der Waals surface area contributed by atoms with Gasteiger partial charge in [-0.1, -0.05) is 18.1 Å². The second-order valence-electron chi connectivity index (χ2n) is 9.16. The number of likely N-dealkylation sites (tertiary alicyclic amines) is 1. The number of alkyl halides is 2. The predicted molar refractivity (Wildman–Crippen MR) is 137 cm³/mol. The monoisotopic (exact) mass is 506 g/mol. The van der Waals surface area contributed by atoms with E-state index < -0.39 is 6.43 Å². The van der Waals surface area contributed by atoms with Crippen molar-refractivity contribution in [2.75, 3.05) is 61.3 Å². The van der Waals surface area contributed by atoms with Crippen LogP contribution in [-0.4, -0.2) is 82.4 Å². The van der Waals surface area contributed by atoms with Gasteiger partial charge < -0.3 is 20.6 Å². The molecule has 0 saturated carbocycles. The first-order valence-electron chi connectivity index (χ1n) is 12.2. The second kappa shape index (κ2) is 10.9. The predicted octanol–water partition coefficient (Wildman–Crippen LogP) is 2.49. The van der Waals surface area contributed by atoms with Crippen LogP contribution in [-0.2, 0) is 0 Å². The number of nitrogen functional groups attached to an aromatic ring is 1. The number of nitrogens with zero attached hydrogens (tertiary/aromatic N) is 7. The summed E-state index contributed by atoms with van der Waals surface area (Å²) >= 11 is 0. The standard InChI is InChI=1S/C26H28F2N8O/c27-23(28)17-34-15-18(16-34)6-7-24-30-9-8-25(31-24)36-11-3-10-35(12-13-36)21-14-20(32-33-26(21)29)19-4-1-2-5-22(19)37/h1-2,4-5,8-9,14,18,23,37H,3,10-13,15-17H2,(H2,29,33). The zero-order valence-electron chi connectivity index (χ0n) is 20.3. The van der Waals surface area contributed by atoms with Gasteiger partial charge in [0.1, 0.15) is 11.6 Å². The maximum Gasteiger partial charge on any atom is 0.251 e. The van der Waals surface area contributed by atoms with E-state index in [1.54, 1.807) is 29.3 Å². The highest BCUT2D eigenvalue weighted by Gasteiger charge is 2.27. The molecule has 37 heavy (non-hydrogen) atoms. The minimum atomic E-state index is -2.32. The molecule has 2 fully saturated rings. The summed E-state index contributed by atoms with van der Waals surface area (Å²) in [4.78, 5) is 15.0. The van der Waals surface area contributed by atoms with E-state index in [2.05, 4.69) is 41.8 Å². The van der Waals surface area contributed by atoms with Crippen LogP contribution in [0.25, 0.3) is 11.3 Å². The van der Waals surface area contributed by atoms with Gasteiger partial charge in [-0.3, -0.25) is 4.90 Å². The van der Waals surface area contributed by atoms with Crippen molar-refractivity contribution in [1.29, 1.82) is 0 Å². The van der Waals surface area contributed by atoms with Crippen LogP contribution >= 0.6 is 0 Å². The summed E-state index contributed by atoms with van der Waals surface area (Å²) in [5, 5.41) is 18.5. The quantitative estimate of drug-likeness (QED) is 0.505. The summed E-state index contributed by atoms with van der Waals surface area (Å²) in [6.07, 6.45) is 0.257. The Labute approximate surface area is 214 Å². The molecule has 0 spiro atoms. The summed E-state index contributed by atoms with van der Waals surface area (Å²) in [5.74, 6) is 7.89. The number of hydrogen-bond donors (Lipinski definition) is 2. The fourth-order valence-corrected chi connectivity index (χ4v) is 4.61. The van der Waals surface area contributed by atoms with E-state index in [1.165, 1.54) is 0 Å². The molecule has 0 aliphatic carbocycles. The molecule has 9 nitrogen and oxygen atoms in total. The van der Waals surface area contributed by atoms with Gasteiger partial charge in [0.25, 0.3) is 6.43 Å². The average Bonchev–Trinajstić information content (AvgIpc) is 3.12. The first-order chi connectivity index (χ1) is 18.0. The van der Waals surface area contributed by atoms with Crippen LogP contribution in [0.5, 0.6) is 5.75 Å². The zero-order chi connectivity index (χ0) is 25.8. The van der Waals surface area contributed by atoms with Gasteiger partial charge in [-0.05, 0) is 36.6 Å². The number of rotatable bonds is 5. The van der Waals surface area contributed by atoms with Crippen LogP contribution in [0.4, 0.5) is 26.1 Å². The van der Waals surface area contributed by atoms with Crippen molar-refractivity contribution in [1.82, 2.24) is 25.1 Å². The van der Waals surface area contributed by atoms with Crippen molar-refractivity contribution < 1.29 is 13.9 Å². The minimum Gasteiger partial charge on any atom is -0.507 e. The number of halogens is 2. The maximum absolute atomic E-state index is 12.5. The van der Waals surface area contributed by atoms with Gasteiger partial charge in [-0.15, -0.1) is 10.2 Å². The number of nitrogens with two attached hydrogens (primary N) is 1. The molecular formula is C26H28F2N8O. The van der Waals surface area contributed by atoms with E-state index in [4.69, 9.17) is 5.73 Å². The molecule has 0 amide bonds. The first kappa shape index (κ1) is 24.6. The molecule has 5 rings (SSSR count). The molecule has 0 atom stereocenters. The first-order valence-corrected chi connectivity index (χ1v) is 12.2. The van der Waals surface area contributed by atoms with Gasteiger partial charge in [-0.25, -0.2) is 18.7 Å². The third-order valence-corrected chi connectivity index (χ3v) is 6.52. The molecule has 0 unspecified atom stereocenters. The van der Waals surface area contributed by atoms with Crippen LogP contribution < -0.4 is 15.5 Å². The van der Waals surface area contributed by atoms with Crippen LogP contribution in [0.2, 0.25) is 0 Å². The number of phenols is 1. The minimum absolute atomic E-state index is 0.0693. The molecule has 192 valence electrons. The Kier molecular flexibility index (Phi) is 7.28. The number of aromatic nitrogens is 4. The smallest absolute Gasteiger partial charge is 0.251 e. The number of phenolic OH excluding ortho intramolecular Hbond substituents is 1. The van der Waals surface area contributed by atoms with Crippen molar-refractivity contribution in [2.45, 2.75) is 12.8 Å². The molecule has 4 heterocycles. The molecule has 11 heteroatoms. The lowest BCUT2D eigenvalue weighted by Gasteiger charge is -2.35. The lowest BCUT2D eigenvalue weighted by Crippen LogP contribution is -2.47. The van der Waals surface area contributed by atoms with Crippen LogP contribution in [0, 0.1) is 17.8 Å². The topological polar surface area (TPSA) is 108 Å². The Hall–Kier alpha value is -4.04. The van der Waals surface area contributed by atoms with Gasteiger partial charge in [-0.2, -0.15) is 0 Å². The number of anilines is 3. The van der Waals surface area contributed by atoms with Crippen molar-refractivity contribution in [3.63, 3.8) is 0 Å². The largest absolute Gasteiger partial charge is 0.507 e. The third-order valence-electron chi connectivity index (χ3n) is 6.52. The van der Waals surface area contributed by atoms with Crippen LogP contribution in [0.3, 0.4) is 0 Å². The van der Waals surface area contributed by atoms with Crippen LogP contribution in [0.1, 0.15) is 12.2 Å². The summed E-state index contributed by atoms with van der Waals surface area (Å²) in [6, 6.07) is 10.7. The number of benzene rings is 1. The number of aromatic hydroxyl groups is 1. The molecule has 2 aliphatic heterocycles. The van der Waals surface area contributed by atoms with Crippen molar-refractivity contribution >= 4 is 17.3 Å². The maximum atomic E-state index is 12.5. The summed E-state index contributed by atoms with van der Waals surface area (Å²) in [7, 11) is 0. The fraction of sp³-hybridized carbons (Fsp3) is 0.385. The molecule has 0 bridgehead atoms. The van der Waals surface area contributed by atoms with Crippen molar-refractivity contribution in [3.05, 3.63) is 48.4 Å². The number of hydrogen-bond acceptors (Lipinski definition) is 9.